The summed E-state index contributed by atoms with van der Waals surface area (Å²) in [6.07, 6.45) is 51.3. The molecule has 0 saturated carbocycles. The fourth-order valence-corrected chi connectivity index (χ4v) is 7.10. The second kappa shape index (κ2) is 41.4. The van der Waals surface area contributed by atoms with Gasteiger partial charge in [-0.3, -0.25) is 4.79 Å². The third kappa shape index (κ3) is 31.8. The van der Waals surface area contributed by atoms with E-state index in [-0.39, 0.29) is 12.5 Å². The smallest absolute Gasteiger partial charge is 0.220 e. The molecule has 1 aliphatic heterocycles. The highest BCUT2D eigenvalue weighted by Crippen LogP contribution is 2.22. The van der Waals surface area contributed by atoms with Crippen LogP contribution in [0.3, 0.4) is 0 Å². The molecule has 9 nitrogen and oxygen atoms in total. The standard InChI is InChI=1S/C52H89NO8/c1-3-5-7-9-10-11-12-13-14-15-16-17-18-19-20-21-22-23-24-25-26-27-28-29-30-31-32-33-34-35-36-38-40-42-48(56)53-45(46(55)41-39-37-8-6-4-2)44-60-52-51(59)50(58)49(57)47(43-54)61-52/h5,7,10-11,13-14,16-17,19-20,22-23,39,41,45-47,49-52,54-55,57-59H,3-4,6,8-9,12,15,18,21,24-38,40,42-44H2,1-2H3,(H,53,56)/b7-5-,11-10-,14-13-,17-16-,20-19-,23-22-,41-39+. The van der Waals surface area contributed by atoms with Crippen molar-refractivity contribution in [3.8, 4) is 0 Å². The van der Waals surface area contributed by atoms with Crippen molar-refractivity contribution in [2.24, 2.45) is 0 Å². The Bertz CT molecular complexity index is 1220. The van der Waals surface area contributed by atoms with E-state index >= 15 is 0 Å². The monoisotopic (exact) mass is 856 g/mol. The number of carbonyl (C=O) groups is 1. The Labute approximate surface area is 371 Å². The first-order valence-corrected chi connectivity index (χ1v) is 24.3. The summed E-state index contributed by atoms with van der Waals surface area (Å²) >= 11 is 0. The molecule has 6 N–H and O–H groups in total. The highest BCUT2D eigenvalue weighted by Gasteiger charge is 2.44. The van der Waals surface area contributed by atoms with Gasteiger partial charge in [-0.15, -0.1) is 0 Å². The van der Waals surface area contributed by atoms with Crippen LogP contribution in [0, 0.1) is 0 Å². The van der Waals surface area contributed by atoms with E-state index in [1.165, 1.54) is 77.0 Å². The Morgan fingerprint density at radius 2 is 1.02 bits per heavy atom. The Balaban J connectivity index is 2.06. The van der Waals surface area contributed by atoms with E-state index in [0.717, 1.165) is 83.5 Å². The maximum absolute atomic E-state index is 12.9. The fourth-order valence-electron chi connectivity index (χ4n) is 7.10. The van der Waals surface area contributed by atoms with Gasteiger partial charge in [0, 0.05) is 6.42 Å². The van der Waals surface area contributed by atoms with Crippen LogP contribution >= 0.6 is 0 Å². The Morgan fingerprint density at radius 3 is 1.51 bits per heavy atom. The average molecular weight is 856 g/mol. The summed E-state index contributed by atoms with van der Waals surface area (Å²) < 4.78 is 11.1. The summed E-state index contributed by atoms with van der Waals surface area (Å²) in [5.74, 6) is -0.189. The third-order valence-corrected chi connectivity index (χ3v) is 11.0. The molecule has 7 atom stereocenters. The lowest BCUT2D eigenvalue weighted by Gasteiger charge is -2.40. The average Bonchev–Trinajstić information content (AvgIpc) is 3.26. The van der Waals surface area contributed by atoms with Crippen LogP contribution < -0.4 is 5.32 Å². The van der Waals surface area contributed by atoms with E-state index in [1.54, 1.807) is 6.08 Å². The van der Waals surface area contributed by atoms with Crippen molar-refractivity contribution in [2.45, 2.75) is 224 Å². The lowest BCUT2D eigenvalue weighted by molar-refractivity contribution is -0.302. The van der Waals surface area contributed by atoms with Gasteiger partial charge in [0.05, 0.1) is 25.4 Å². The zero-order valence-electron chi connectivity index (χ0n) is 38.4. The number of nitrogens with one attached hydrogen (secondary N) is 1. The molecule has 0 aromatic heterocycles. The van der Waals surface area contributed by atoms with Crippen LogP contribution in [0.2, 0.25) is 0 Å². The molecule has 1 amide bonds. The first kappa shape index (κ1) is 56.4. The second-order valence-electron chi connectivity index (χ2n) is 16.5. The van der Waals surface area contributed by atoms with Gasteiger partial charge in [0.25, 0.3) is 0 Å². The van der Waals surface area contributed by atoms with E-state index in [4.69, 9.17) is 9.47 Å². The molecule has 0 spiro atoms. The molecule has 0 bridgehead atoms. The normalized spacial score (nSPS) is 21.2. The number of aliphatic hydroxyl groups is 5. The SMILES string of the molecule is CC/C=C\C/C=C\C/C=C\C/C=C\C/C=C\C/C=C\CCCCCCCCCCCCCCCCC(=O)NC(COC1OC(CO)C(O)C(O)C1O)C(O)/C=C/CCCCC. The number of hydrogen-bond acceptors (Lipinski definition) is 8. The molecule has 350 valence electrons. The van der Waals surface area contributed by atoms with Gasteiger partial charge in [-0.25, -0.2) is 0 Å². The van der Waals surface area contributed by atoms with Crippen LogP contribution in [0.5, 0.6) is 0 Å². The molecule has 1 rings (SSSR count). The Hall–Kier alpha value is -2.63. The quantitative estimate of drug-likeness (QED) is 0.0264. The number of ether oxygens (including phenoxy) is 2. The van der Waals surface area contributed by atoms with Gasteiger partial charge in [-0.1, -0.05) is 189 Å². The van der Waals surface area contributed by atoms with Crippen LogP contribution in [0.25, 0.3) is 0 Å². The minimum absolute atomic E-state index is 0.189. The molecule has 1 heterocycles. The molecule has 1 aliphatic rings. The zero-order chi connectivity index (χ0) is 44.4. The summed E-state index contributed by atoms with van der Waals surface area (Å²) in [5, 5.41) is 53.7. The maximum atomic E-state index is 12.9. The molecule has 9 heteroatoms. The van der Waals surface area contributed by atoms with Crippen LogP contribution in [-0.4, -0.2) is 87.5 Å². The Kier molecular flexibility index (Phi) is 38.3. The van der Waals surface area contributed by atoms with Crippen LogP contribution in [0.1, 0.15) is 181 Å². The summed E-state index contributed by atoms with van der Waals surface area (Å²) in [6.45, 7) is 3.53. The fraction of sp³-hybridized carbons (Fsp3) is 0.712. The topological polar surface area (TPSA) is 149 Å². The van der Waals surface area contributed by atoms with Crippen molar-refractivity contribution in [2.75, 3.05) is 13.2 Å². The van der Waals surface area contributed by atoms with Gasteiger partial charge in [0.15, 0.2) is 6.29 Å². The van der Waals surface area contributed by atoms with Crippen molar-refractivity contribution < 1.29 is 39.8 Å². The minimum Gasteiger partial charge on any atom is -0.394 e. The Morgan fingerprint density at radius 1 is 0.574 bits per heavy atom. The van der Waals surface area contributed by atoms with E-state index in [1.807, 2.05) is 6.08 Å². The summed E-state index contributed by atoms with van der Waals surface area (Å²) in [6, 6.07) is -0.804. The minimum atomic E-state index is -1.57. The second-order valence-corrected chi connectivity index (χ2v) is 16.5. The van der Waals surface area contributed by atoms with Gasteiger partial charge in [0.1, 0.15) is 24.4 Å². The predicted octanol–water partition coefficient (Wildman–Crippen LogP) is 10.7. The summed E-state index contributed by atoms with van der Waals surface area (Å²) in [5.41, 5.74) is 0. The highest BCUT2D eigenvalue weighted by atomic mass is 16.7. The molecule has 7 unspecified atom stereocenters. The number of hydrogen-bond donors (Lipinski definition) is 6. The first-order valence-electron chi connectivity index (χ1n) is 24.3. The molecular weight excluding hydrogens is 767 g/mol. The van der Waals surface area contributed by atoms with E-state index in [9.17, 15) is 30.3 Å². The van der Waals surface area contributed by atoms with Gasteiger partial charge < -0.3 is 40.3 Å². The molecule has 0 radical (unpaired) electrons. The summed E-state index contributed by atoms with van der Waals surface area (Å²) in [7, 11) is 0. The predicted molar refractivity (Wildman–Crippen MR) is 253 cm³/mol. The largest absolute Gasteiger partial charge is 0.394 e. The lowest BCUT2D eigenvalue weighted by atomic mass is 9.99. The van der Waals surface area contributed by atoms with Gasteiger partial charge in [-0.2, -0.15) is 0 Å². The molecule has 1 saturated heterocycles. The van der Waals surface area contributed by atoms with Crippen molar-refractivity contribution in [3.63, 3.8) is 0 Å². The third-order valence-electron chi connectivity index (χ3n) is 11.0. The van der Waals surface area contributed by atoms with Crippen molar-refractivity contribution >= 4 is 5.91 Å². The zero-order valence-corrected chi connectivity index (χ0v) is 38.4. The molecule has 0 aromatic carbocycles. The van der Waals surface area contributed by atoms with Gasteiger partial charge in [-0.05, 0) is 70.6 Å². The number of rotatable bonds is 39. The molecule has 0 aromatic rings. The maximum Gasteiger partial charge on any atom is 0.220 e. The lowest BCUT2D eigenvalue weighted by Crippen LogP contribution is -2.60. The number of amides is 1. The summed E-state index contributed by atoms with van der Waals surface area (Å²) in [4.78, 5) is 12.9. The molecule has 61 heavy (non-hydrogen) atoms. The van der Waals surface area contributed by atoms with Crippen LogP contribution in [0.15, 0.2) is 85.1 Å². The number of carbonyl (C=O) groups excluding carboxylic acids is 1. The van der Waals surface area contributed by atoms with E-state index < -0.39 is 49.5 Å². The van der Waals surface area contributed by atoms with Crippen molar-refractivity contribution in [1.82, 2.24) is 5.32 Å². The number of allylic oxidation sites excluding steroid dienone is 13. The molecule has 0 aliphatic carbocycles. The van der Waals surface area contributed by atoms with Gasteiger partial charge >= 0.3 is 0 Å². The highest BCUT2D eigenvalue weighted by molar-refractivity contribution is 5.76. The van der Waals surface area contributed by atoms with Crippen molar-refractivity contribution in [3.05, 3.63) is 85.1 Å². The van der Waals surface area contributed by atoms with E-state index in [2.05, 4.69) is 92.1 Å². The number of aliphatic hydroxyl groups excluding tert-OH is 5. The first-order chi connectivity index (χ1) is 29.8. The van der Waals surface area contributed by atoms with Crippen LogP contribution in [0.4, 0.5) is 0 Å². The molecule has 1 fully saturated rings. The van der Waals surface area contributed by atoms with Crippen molar-refractivity contribution in [1.29, 1.82) is 0 Å². The molecular formula is C52H89NO8. The van der Waals surface area contributed by atoms with Gasteiger partial charge in [0.2, 0.25) is 5.91 Å². The van der Waals surface area contributed by atoms with Crippen LogP contribution in [-0.2, 0) is 14.3 Å². The number of unbranched alkanes of at least 4 members (excludes halogenated alkanes) is 17. The van der Waals surface area contributed by atoms with E-state index in [0.29, 0.717) is 6.42 Å².